The lowest BCUT2D eigenvalue weighted by molar-refractivity contribution is 0.100. The molecule has 0 unspecified atom stereocenters. The zero-order chi connectivity index (χ0) is 13.4. The molecule has 0 atom stereocenters. The third kappa shape index (κ3) is 1.57. The van der Waals surface area contributed by atoms with Crippen LogP contribution in [0.2, 0.25) is 5.02 Å². The van der Waals surface area contributed by atoms with Crippen molar-refractivity contribution in [1.82, 2.24) is 0 Å². The Morgan fingerprint density at radius 3 is 2.50 bits per heavy atom. The minimum Gasteiger partial charge on any atom is -0.294 e. The molecular weight excluding hydrogens is 262 g/mol. The maximum Gasteiger partial charge on any atom is 0.170 e. The maximum absolute atomic E-state index is 13.7. The fourth-order valence-corrected chi connectivity index (χ4v) is 1.98. The summed E-state index contributed by atoms with van der Waals surface area (Å²) in [5.74, 6) is -2.81. The Morgan fingerprint density at radius 2 is 1.94 bits per heavy atom. The number of fused-ring (bicyclic) bond motifs is 1. The highest BCUT2D eigenvalue weighted by Crippen LogP contribution is 2.39. The summed E-state index contributed by atoms with van der Waals surface area (Å²) in [6.07, 6.45) is -0.303. The van der Waals surface area contributed by atoms with Crippen molar-refractivity contribution in [3.05, 3.63) is 39.4 Å². The molecule has 88 valence electrons. The van der Waals surface area contributed by atoms with E-state index in [1.54, 1.807) is 12.1 Å². The number of nitriles is 2. The lowest BCUT2D eigenvalue weighted by Crippen LogP contribution is -1.99. The summed E-state index contributed by atoms with van der Waals surface area (Å²) in [7, 11) is 0. The molecule has 0 bridgehead atoms. The van der Waals surface area contributed by atoms with Crippen LogP contribution >= 0.6 is 11.6 Å². The van der Waals surface area contributed by atoms with Crippen LogP contribution in [-0.4, -0.2) is 5.78 Å². The number of benzene rings is 1. The van der Waals surface area contributed by atoms with E-state index in [2.05, 4.69) is 0 Å². The lowest BCUT2D eigenvalue weighted by atomic mass is 10.0. The first-order chi connectivity index (χ1) is 8.51. The Hall–Kier alpha value is -2.24. The molecule has 0 fully saturated rings. The Labute approximate surface area is 106 Å². The van der Waals surface area contributed by atoms with Gasteiger partial charge in [-0.25, -0.2) is 8.78 Å². The van der Waals surface area contributed by atoms with E-state index in [1.807, 2.05) is 0 Å². The second-order valence-corrected chi connectivity index (χ2v) is 3.96. The first kappa shape index (κ1) is 12.2. The average molecular weight is 265 g/mol. The smallest absolute Gasteiger partial charge is 0.170 e. The topological polar surface area (TPSA) is 64.7 Å². The number of ketones is 1. The number of carbonyl (C=O) groups is 1. The largest absolute Gasteiger partial charge is 0.294 e. The van der Waals surface area contributed by atoms with Gasteiger partial charge in [0.25, 0.3) is 0 Å². The Bertz CT molecular complexity index is 679. The van der Waals surface area contributed by atoms with Crippen molar-refractivity contribution in [2.45, 2.75) is 6.42 Å². The van der Waals surface area contributed by atoms with Crippen molar-refractivity contribution in [1.29, 1.82) is 10.5 Å². The number of Topliss-reactive ketones (excluding diaryl/α,β-unsaturated/α-hetero) is 1. The predicted molar refractivity (Wildman–Crippen MR) is 58.5 cm³/mol. The van der Waals surface area contributed by atoms with E-state index in [1.165, 1.54) is 0 Å². The minimum absolute atomic E-state index is 0.0365. The van der Waals surface area contributed by atoms with Crippen molar-refractivity contribution in [3.8, 4) is 12.1 Å². The summed E-state index contributed by atoms with van der Waals surface area (Å²) >= 11 is 5.37. The van der Waals surface area contributed by atoms with Crippen LogP contribution in [0.15, 0.2) is 11.6 Å². The highest BCUT2D eigenvalue weighted by molar-refractivity contribution is 6.31. The third-order valence-electron chi connectivity index (χ3n) is 2.63. The fraction of sp³-hybridized carbons (Fsp3) is 0.0833. The molecule has 2 rings (SSSR count). The molecular formula is C12H3ClF2N2O. The number of carbonyl (C=O) groups excluding carboxylic acids is 1. The fourth-order valence-electron chi connectivity index (χ4n) is 1.83. The SMILES string of the molecule is N#CC(C#N)=C1CC(=O)c2c1cc(F)c(Cl)c2F. The number of halogens is 3. The van der Waals surface area contributed by atoms with E-state index in [-0.39, 0.29) is 28.7 Å². The summed E-state index contributed by atoms with van der Waals surface area (Å²) in [6, 6.07) is 4.06. The molecule has 18 heavy (non-hydrogen) atoms. The van der Waals surface area contributed by atoms with Gasteiger partial charge in [-0.15, -0.1) is 0 Å². The van der Waals surface area contributed by atoms with Crippen LogP contribution in [-0.2, 0) is 0 Å². The predicted octanol–water partition coefficient (Wildman–Crippen LogP) is 3.01. The van der Waals surface area contributed by atoms with Crippen molar-refractivity contribution >= 4 is 23.0 Å². The maximum atomic E-state index is 13.7. The van der Waals surface area contributed by atoms with Gasteiger partial charge in [0, 0.05) is 6.42 Å². The first-order valence-corrected chi connectivity index (χ1v) is 5.13. The van der Waals surface area contributed by atoms with Gasteiger partial charge in [-0.3, -0.25) is 4.79 Å². The van der Waals surface area contributed by atoms with Crippen molar-refractivity contribution in [3.63, 3.8) is 0 Å². The molecule has 0 aliphatic heterocycles. The van der Waals surface area contributed by atoms with Gasteiger partial charge in [-0.05, 0) is 17.2 Å². The van der Waals surface area contributed by atoms with Gasteiger partial charge in [0.2, 0.25) is 0 Å². The molecule has 6 heteroatoms. The number of nitrogens with zero attached hydrogens (tertiary/aromatic N) is 2. The van der Waals surface area contributed by atoms with Crippen LogP contribution in [0.4, 0.5) is 8.78 Å². The molecule has 1 aromatic rings. The van der Waals surface area contributed by atoms with Gasteiger partial charge in [-0.2, -0.15) is 10.5 Å². The summed E-state index contributed by atoms with van der Waals surface area (Å²) in [6.45, 7) is 0. The van der Waals surface area contributed by atoms with Crippen molar-refractivity contribution in [2.24, 2.45) is 0 Å². The molecule has 0 amide bonds. The van der Waals surface area contributed by atoms with E-state index in [4.69, 9.17) is 22.1 Å². The van der Waals surface area contributed by atoms with Crippen LogP contribution in [0.1, 0.15) is 22.3 Å². The minimum atomic E-state index is -1.15. The third-order valence-corrected chi connectivity index (χ3v) is 2.98. The molecule has 1 aliphatic carbocycles. The van der Waals surface area contributed by atoms with Crippen LogP contribution < -0.4 is 0 Å². The molecule has 0 N–H and O–H groups in total. The Morgan fingerprint density at radius 1 is 1.33 bits per heavy atom. The van der Waals surface area contributed by atoms with Crippen LogP contribution in [0.5, 0.6) is 0 Å². The normalized spacial score (nSPS) is 12.9. The zero-order valence-corrected chi connectivity index (χ0v) is 9.48. The standard InChI is InChI=1S/C12H3ClF2N2O/c13-11-8(14)1-7-6(5(3-16)4-17)2-9(18)10(7)12(11)15/h1H,2H2. The van der Waals surface area contributed by atoms with Gasteiger partial charge in [0.05, 0.1) is 5.56 Å². The lowest BCUT2D eigenvalue weighted by Gasteiger charge is -2.04. The average Bonchev–Trinajstić information content (AvgIpc) is 2.65. The van der Waals surface area contributed by atoms with Crippen LogP contribution in [0, 0.1) is 34.3 Å². The quantitative estimate of drug-likeness (QED) is 0.534. The van der Waals surface area contributed by atoms with E-state index in [9.17, 15) is 13.6 Å². The number of hydrogen-bond donors (Lipinski definition) is 0. The second-order valence-electron chi connectivity index (χ2n) is 3.59. The molecule has 0 aromatic heterocycles. The molecule has 3 nitrogen and oxygen atoms in total. The zero-order valence-electron chi connectivity index (χ0n) is 8.72. The number of allylic oxidation sites excluding steroid dienone is 2. The van der Waals surface area contributed by atoms with E-state index < -0.39 is 22.4 Å². The van der Waals surface area contributed by atoms with E-state index >= 15 is 0 Å². The first-order valence-electron chi connectivity index (χ1n) is 4.75. The molecule has 0 spiro atoms. The summed E-state index contributed by atoms with van der Waals surface area (Å²) in [5, 5.41) is 16.7. The number of rotatable bonds is 0. The van der Waals surface area contributed by atoms with Gasteiger partial charge in [0.15, 0.2) is 11.6 Å². The molecule has 1 aromatic carbocycles. The number of hydrogen-bond acceptors (Lipinski definition) is 3. The van der Waals surface area contributed by atoms with Crippen molar-refractivity contribution in [2.75, 3.05) is 0 Å². The summed E-state index contributed by atoms with van der Waals surface area (Å²) in [4.78, 5) is 11.6. The molecule has 0 saturated heterocycles. The van der Waals surface area contributed by atoms with Gasteiger partial charge < -0.3 is 0 Å². The molecule has 0 radical (unpaired) electrons. The van der Waals surface area contributed by atoms with E-state index in [0.717, 1.165) is 6.07 Å². The Balaban J connectivity index is 2.86. The van der Waals surface area contributed by atoms with Gasteiger partial charge >= 0.3 is 0 Å². The molecule has 0 saturated carbocycles. The van der Waals surface area contributed by atoms with Crippen LogP contribution in [0.3, 0.4) is 0 Å². The van der Waals surface area contributed by atoms with Gasteiger partial charge in [0.1, 0.15) is 28.6 Å². The van der Waals surface area contributed by atoms with E-state index in [0.29, 0.717) is 0 Å². The molecule has 0 heterocycles. The highest BCUT2D eigenvalue weighted by atomic mass is 35.5. The van der Waals surface area contributed by atoms with Gasteiger partial charge in [-0.1, -0.05) is 11.6 Å². The van der Waals surface area contributed by atoms with Crippen LogP contribution in [0.25, 0.3) is 5.57 Å². The highest BCUT2D eigenvalue weighted by Gasteiger charge is 2.32. The monoisotopic (exact) mass is 264 g/mol. The second kappa shape index (κ2) is 4.21. The Kier molecular flexibility index (Phi) is 2.86. The molecule has 1 aliphatic rings. The summed E-state index contributed by atoms with van der Waals surface area (Å²) in [5.41, 5.74) is -0.727. The van der Waals surface area contributed by atoms with Crippen molar-refractivity contribution < 1.29 is 13.6 Å². The summed E-state index contributed by atoms with van der Waals surface area (Å²) < 4.78 is 27.0.